The summed E-state index contributed by atoms with van der Waals surface area (Å²) in [6.45, 7) is 6.38. The van der Waals surface area contributed by atoms with Gasteiger partial charge in [0.25, 0.3) is 0 Å². The van der Waals surface area contributed by atoms with Crippen molar-refractivity contribution in [2.24, 2.45) is 5.73 Å². The van der Waals surface area contributed by atoms with Crippen molar-refractivity contribution >= 4 is 0 Å². The fourth-order valence-corrected chi connectivity index (χ4v) is 1.20. The minimum atomic E-state index is 1.35. The second kappa shape index (κ2) is 4.91. The van der Waals surface area contributed by atoms with Crippen LogP contribution in [0.5, 0.6) is 0 Å². The molecule has 1 nitrogen and oxygen atoms in total. The predicted octanol–water partition coefficient (Wildman–Crippen LogP) is 2.19. The molecule has 1 heteroatoms. The summed E-state index contributed by atoms with van der Waals surface area (Å²) in [5, 5.41) is 0. The number of hydrogen-bond acceptors (Lipinski definition) is 1. The molecule has 0 heterocycles. The van der Waals surface area contributed by atoms with Gasteiger partial charge in [-0.05, 0) is 27.8 Å². The fraction of sp³-hybridized carbons (Fsp3) is 0.400. The van der Waals surface area contributed by atoms with Gasteiger partial charge < -0.3 is 5.73 Å². The molecule has 11 heavy (non-hydrogen) atoms. The van der Waals surface area contributed by atoms with Gasteiger partial charge in [-0.15, -0.1) is 0 Å². The maximum atomic E-state index is 4.50. The highest BCUT2D eigenvalue weighted by Gasteiger charge is 1.87. The van der Waals surface area contributed by atoms with Crippen LogP contribution in [0.1, 0.15) is 16.7 Å². The first-order chi connectivity index (χ1) is 5.18. The molecule has 0 radical (unpaired) electrons. The van der Waals surface area contributed by atoms with Crippen molar-refractivity contribution in [3.8, 4) is 0 Å². The number of rotatable bonds is 0. The molecule has 0 fully saturated rings. The van der Waals surface area contributed by atoms with Crippen LogP contribution in [0.25, 0.3) is 0 Å². The molecule has 0 aliphatic rings. The first-order valence-corrected chi connectivity index (χ1v) is 3.81. The third kappa shape index (κ3) is 3.79. The maximum Gasteiger partial charge on any atom is -0.0195 e. The lowest BCUT2D eigenvalue weighted by Crippen LogP contribution is -1.78. The topological polar surface area (TPSA) is 26.0 Å². The van der Waals surface area contributed by atoms with E-state index < -0.39 is 0 Å². The van der Waals surface area contributed by atoms with Crippen LogP contribution in [0.3, 0.4) is 0 Å². The molecule has 0 bridgehead atoms. The van der Waals surface area contributed by atoms with Gasteiger partial charge in [0.1, 0.15) is 0 Å². The zero-order valence-electron chi connectivity index (χ0n) is 7.81. The number of benzene rings is 1. The van der Waals surface area contributed by atoms with Crippen LogP contribution in [-0.4, -0.2) is 7.05 Å². The summed E-state index contributed by atoms with van der Waals surface area (Å²) in [6.07, 6.45) is 0. The standard InChI is InChI=1S/C9H12.CH5N/c1-7-4-8(2)6-9(3)5-7;1-2/h4-6H,1-3H3;2H2,1H3. The molecule has 0 spiro atoms. The quantitative estimate of drug-likeness (QED) is 0.604. The Hall–Kier alpha value is -0.820. The van der Waals surface area contributed by atoms with Crippen LogP contribution in [0.4, 0.5) is 0 Å². The molecule has 0 aliphatic heterocycles. The molecule has 2 N–H and O–H groups in total. The highest BCUT2D eigenvalue weighted by Crippen LogP contribution is 2.06. The summed E-state index contributed by atoms with van der Waals surface area (Å²) >= 11 is 0. The Bertz CT molecular complexity index is 166. The van der Waals surface area contributed by atoms with Crippen LogP contribution >= 0.6 is 0 Å². The van der Waals surface area contributed by atoms with Crippen molar-refractivity contribution in [1.29, 1.82) is 0 Å². The summed E-state index contributed by atoms with van der Waals surface area (Å²) < 4.78 is 0. The lowest BCUT2D eigenvalue weighted by Gasteiger charge is -1.96. The van der Waals surface area contributed by atoms with Gasteiger partial charge >= 0.3 is 0 Å². The van der Waals surface area contributed by atoms with Gasteiger partial charge in [-0.3, -0.25) is 0 Å². The molecular weight excluding hydrogens is 134 g/mol. The number of nitrogens with two attached hydrogens (primary N) is 1. The van der Waals surface area contributed by atoms with E-state index in [2.05, 4.69) is 44.7 Å². The van der Waals surface area contributed by atoms with E-state index in [1.54, 1.807) is 0 Å². The second-order valence-electron chi connectivity index (χ2n) is 2.67. The van der Waals surface area contributed by atoms with Crippen molar-refractivity contribution < 1.29 is 0 Å². The van der Waals surface area contributed by atoms with Crippen LogP contribution in [-0.2, 0) is 0 Å². The summed E-state index contributed by atoms with van der Waals surface area (Å²) in [5.74, 6) is 0. The first-order valence-electron chi connectivity index (χ1n) is 3.81. The minimum Gasteiger partial charge on any atom is -0.333 e. The Morgan fingerprint density at radius 1 is 0.727 bits per heavy atom. The van der Waals surface area contributed by atoms with E-state index in [0.29, 0.717) is 0 Å². The number of aryl methyl sites for hydroxylation is 3. The van der Waals surface area contributed by atoms with Crippen LogP contribution in [0, 0.1) is 20.8 Å². The Labute approximate surface area is 69.2 Å². The number of hydrogen-bond donors (Lipinski definition) is 1. The SMILES string of the molecule is CN.Cc1cc(C)cc(C)c1. The summed E-state index contributed by atoms with van der Waals surface area (Å²) in [6, 6.07) is 6.56. The summed E-state index contributed by atoms with van der Waals surface area (Å²) in [4.78, 5) is 0. The molecule has 0 aliphatic carbocycles. The van der Waals surface area contributed by atoms with E-state index in [1.807, 2.05) is 0 Å². The van der Waals surface area contributed by atoms with E-state index >= 15 is 0 Å². The monoisotopic (exact) mass is 151 g/mol. The zero-order valence-corrected chi connectivity index (χ0v) is 7.81. The van der Waals surface area contributed by atoms with E-state index in [9.17, 15) is 0 Å². The van der Waals surface area contributed by atoms with Crippen molar-refractivity contribution in [3.63, 3.8) is 0 Å². The first kappa shape index (κ1) is 10.2. The third-order valence-corrected chi connectivity index (χ3v) is 1.37. The predicted molar refractivity (Wildman–Crippen MR) is 50.8 cm³/mol. The zero-order chi connectivity index (χ0) is 8.85. The lowest BCUT2D eigenvalue weighted by molar-refractivity contribution is 1.32. The van der Waals surface area contributed by atoms with Gasteiger partial charge in [0.2, 0.25) is 0 Å². The van der Waals surface area contributed by atoms with E-state index in [0.717, 1.165) is 0 Å². The van der Waals surface area contributed by atoms with Gasteiger partial charge in [0, 0.05) is 0 Å². The van der Waals surface area contributed by atoms with Gasteiger partial charge in [-0.1, -0.05) is 34.9 Å². The Morgan fingerprint density at radius 2 is 0.909 bits per heavy atom. The smallest absolute Gasteiger partial charge is 0.0195 e. The molecule has 0 unspecified atom stereocenters. The van der Waals surface area contributed by atoms with Gasteiger partial charge in [-0.2, -0.15) is 0 Å². The molecule has 1 aromatic carbocycles. The van der Waals surface area contributed by atoms with E-state index in [4.69, 9.17) is 0 Å². The molecule has 0 atom stereocenters. The average Bonchev–Trinajstić information content (AvgIpc) is 1.88. The van der Waals surface area contributed by atoms with Crippen molar-refractivity contribution in [2.45, 2.75) is 20.8 Å². The Morgan fingerprint density at radius 3 is 1.09 bits per heavy atom. The largest absolute Gasteiger partial charge is 0.333 e. The summed E-state index contributed by atoms with van der Waals surface area (Å²) in [5.41, 5.74) is 8.56. The van der Waals surface area contributed by atoms with E-state index in [1.165, 1.54) is 23.7 Å². The van der Waals surface area contributed by atoms with Gasteiger partial charge in [0.05, 0.1) is 0 Å². The van der Waals surface area contributed by atoms with Crippen LogP contribution < -0.4 is 5.73 Å². The second-order valence-corrected chi connectivity index (χ2v) is 2.67. The maximum absolute atomic E-state index is 4.50. The van der Waals surface area contributed by atoms with Gasteiger partial charge in [0.15, 0.2) is 0 Å². The molecule has 0 amide bonds. The molecular formula is C10H17N. The Kier molecular flexibility index (Phi) is 4.55. The van der Waals surface area contributed by atoms with Crippen LogP contribution in [0.15, 0.2) is 18.2 Å². The van der Waals surface area contributed by atoms with Crippen LogP contribution in [0.2, 0.25) is 0 Å². The third-order valence-electron chi connectivity index (χ3n) is 1.37. The molecule has 1 rings (SSSR count). The van der Waals surface area contributed by atoms with Crippen molar-refractivity contribution in [2.75, 3.05) is 7.05 Å². The lowest BCUT2D eigenvalue weighted by atomic mass is 10.1. The van der Waals surface area contributed by atoms with Crippen molar-refractivity contribution in [3.05, 3.63) is 34.9 Å². The minimum absolute atomic E-state index is 1.35. The normalized spacial score (nSPS) is 8.45. The average molecular weight is 151 g/mol. The highest BCUT2D eigenvalue weighted by molar-refractivity contribution is 5.27. The van der Waals surface area contributed by atoms with Gasteiger partial charge in [-0.25, -0.2) is 0 Å². The van der Waals surface area contributed by atoms with Crippen molar-refractivity contribution in [1.82, 2.24) is 0 Å². The highest BCUT2D eigenvalue weighted by atomic mass is 14.4. The molecule has 0 saturated carbocycles. The Balaban J connectivity index is 0.000000461. The molecule has 1 aromatic rings. The molecule has 62 valence electrons. The fourth-order valence-electron chi connectivity index (χ4n) is 1.20. The van der Waals surface area contributed by atoms with E-state index in [-0.39, 0.29) is 0 Å². The molecule has 0 saturated heterocycles. The molecule has 0 aromatic heterocycles. The summed E-state index contributed by atoms with van der Waals surface area (Å²) in [7, 11) is 1.50.